The second-order valence-corrected chi connectivity index (χ2v) is 6.79. The van der Waals surface area contributed by atoms with Crippen molar-refractivity contribution >= 4 is 34.8 Å². The maximum atomic E-state index is 12.2. The van der Waals surface area contributed by atoms with E-state index in [2.05, 4.69) is 28.4 Å². The summed E-state index contributed by atoms with van der Waals surface area (Å²) in [6.45, 7) is 2.20. The van der Waals surface area contributed by atoms with Gasteiger partial charge in [-0.3, -0.25) is 20.4 Å². The van der Waals surface area contributed by atoms with Gasteiger partial charge in [-0.1, -0.05) is 19.8 Å². The Kier molecular flexibility index (Phi) is 7.36. The number of carbonyl (C=O) groups is 2. The fraction of sp³-hybridized carbons (Fsp3) is 0.444. The fourth-order valence-corrected chi connectivity index (χ4v) is 3.11. The summed E-state index contributed by atoms with van der Waals surface area (Å²) < 4.78 is 0. The molecule has 1 aliphatic carbocycles. The first-order valence-electron chi connectivity index (χ1n) is 8.63. The number of anilines is 1. The number of nitriles is 1. The van der Waals surface area contributed by atoms with E-state index < -0.39 is 0 Å². The highest BCUT2D eigenvalue weighted by atomic mass is 32.1. The van der Waals surface area contributed by atoms with Gasteiger partial charge < -0.3 is 10.6 Å². The van der Waals surface area contributed by atoms with Crippen molar-refractivity contribution in [3.8, 4) is 6.07 Å². The highest BCUT2D eigenvalue weighted by molar-refractivity contribution is 7.80. The van der Waals surface area contributed by atoms with Crippen molar-refractivity contribution in [1.82, 2.24) is 16.2 Å². The van der Waals surface area contributed by atoms with Crippen LogP contribution < -0.4 is 21.5 Å². The second-order valence-electron chi connectivity index (χ2n) is 6.38. The number of nitrogens with zero attached hydrogens (tertiary/aromatic N) is 1. The molecule has 0 saturated heterocycles. The lowest BCUT2D eigenvalue weighted by Crippen LogP contribution is -2.51. The van der Waals surface area contributed by atoms with Crippen LogP contribution in [0.2, 0.25) is 0 Å². The number of thiocarbonyl (C=S) groups is 1. The Balaban J connectivity index is 1.79. The van der Waals surface area contributed by atoms with Crippen LogP contribution in [0.3, 0.4) is 0 Å². The highest BCUT2D eigenvalue weighted by Crippen LogP contribution is 2.23. The van der Waals surface area contributed by atoms with Gasteiger partial charge in [-0.25, -0.2) is 0 Å². The maximum Gasteiger partial charge on any atom is 0.269 e. The SMILES string of the molecule is C[C@@H]1CCCC[C@H]1NC(=S)NNC(=O)c1ccc(NC(=O)CC#N)cc1. The van der Waals surface area contributed by atoms with Gasteiger partial charge in [0.1, 0.15) is 6.42 Å². The van der Waals surface area contributed by atoms with Gasteiger partial charge in [-0.15, -0.1) is 0 Å². The summed E-state index contributed by atoms with van der Waals surface area (Å²) in [5.41, 5.74) is 6.24. The predicted octanol–water partition coefficient (Wildman–Crippen LogP) is 2.23. The maximum absolute atomic E-state index is 12.2. The van der Waals surface area contributed by atoms with Crippen molar-refractivity contribution in [2.24, 2.45) is 5.92 Å². The molecule has 1 aromatic carbocycles. The van der Waals surface area contributed by atoms with Crippen molar-refractivity contribution in [2.75, 3.05) is 5.32 Å². The van der Waals surface area contributed by atoms with Crippen LogP contribution in [0.5, 0.6) is 0 Å². The van der Waals surface area contributed by atoms with Gasteiger partial charge >= 0.3 is 0 Å². The lowest BCUT2D eigenvalue weighted by atomic mass is 9.86. The van der Waals surface area contributed by atoms with E-state index in [1.807, 2.05) is 0 Å². The van der Waals surface area contributed by atoms with Crippen LogP contribution in [0, 0.1) is 17.2 Å². The van der Waals surface area contributed by atoms with Gasteiger partial charge in [0.05, 0.1) is 6.07 Å². The van der Waals surface area contributed by atoms with Crippen molar-refractivity contribution in [1.29, 1.82) is 5.26 Å². The van der Waals surface area contributed by atoms with Crippen molar-refractivity contribution < 1.29 is 9.59 Å². The standard InChI is InChI=1S/C18H23N5O2S/c1-12-4-2-3-5-15(12)21-18(26)23-22-17(25)13-6-8-14(9-7-13)20-16(24)10-11-19/h6-9,12,15H,2-5,10H2,1H3,(H,20,24)(H,22,25)(H2,21,23,26)/t12-,15-/m1/s1. The Morgan fingerprint density at radius 2 is 1.88 bits per heavy atom. The number of carbonyl (C=O) groups excluding carboxylic acids is 2. The minimum Gasteiger partial charge on any atom is -0.358 e. The molecular weight excluding hydrogens is 350 g/mol. The van der Waals surface area contributed by atoms with Crippen LogP contribution >= 0.6 is 12.2 Å². The van der Waals surface area contributed by atoms with Gasteiger partial charge in [0.2, 0.25) is 5.91 Å². The zero-order chi connectivity index (χ0) is 18.9. The quantitative estimate of drug-likeness (QED) is 0.476. The molecule has 0 bridgehead atoms. The molecule has 1 aliphatic rings. The molecule has 1 fully saturated rings. The van der Waals surface area contributed by atoms with Crippen LogP contribution in [-0.4, -0.2) is 23.0 Å². The largest absolute Gasteiger partial charge is 0.358 e. The number of benzene rings is 1. The van der Waals surface area contributed by atoms with Crippen molar-refractivity contribution in [3.63, 3.8) is 0 Å². The third kappa shape index (κ3) is 6.01. The van der Waals surface area contributed by atoms with Gasteiger partial charge in [-0.05, 0) is 55.2 Å². The first-order valence-corrected chi connectivity index (χ1v) is 9.04. The molecule has 0 unspecified atom stereocenters. The molecule has 0 spiro atoms. The molecule has 2 atom stereocenters. The molecule has 8 heteroatoms. The summed E-state index contributed by atoms with van der Waals surface area (Å²) in [6.07, 6.45) is 4.49. The van der Waals surface area contributed by atoms with Crippen molar-refractivity contribution in [2.45, 2.75) is 45.1 Å². The molecule has 0 aliphatic heterocycles. The smallest absolute Gasteiger partial charge is 0.269 e. The Hall–Kier alpha value is -2.66. The number of hydrogen-bond donors (Lipinski definition) is 4. The number of hydrogen-bond acceptors (Lipinski definition) is 4. The van der Waals surface area contributed by atoms with E-state index >= 15 is 0 Å². The molecular formula is C18H23N5O2S. The average Bonchev–Trinajstić information content (AvgIpc) is 2.62. The minimum absolute atomic E-state index is 0.212. The van der Waals surface area contributed by atoms with E-state index in [1.165, 1.54) is 19.3 Å². The molecule has 2 amide bonds. The van der Waals surface area contributed by atoms with E-state index in [0.717, 1.165) is 6.42 Å². The second kappa shape index (κ2) is 9.73. The van der Waals surface area contributed by atoms with Crippen LogP contribution in [0.1, 0.15) is 49.4 Å². The number of nitrogens with one attached hydrogen (secondary N) is 4. The molecule has 1 aromatic rings. The van der Waals surface area contributed by atoms with Gasteiger partial charge in [0.15, 0.2) is 5.11 Å². The van der Waals surface area contributed by atoms with E-state index in [0.29, 0.717) is 28.3 Å². The van der Waals surface area contributed by atoms with Crippen LogP contribution in [-0.2, 0) is 4.79 Å². The van der Waals surface area contributed by atoms with Crippen LogP contribution in [0.25, 0.3) is 0 Å². The predicted molar refractivity (Wildman–Crippen MR) is 103 cm³/mol. The van der Waals surface area contributed by atoms with Gasteiger partial charge in [0, 0.05) is 17.3 Å². The molecule has 0 radical (unpaired) electrons. The summed E-state index contributed by atoms with van der Waals surface area (Å²) in [6, 6.07) is 8.47. The topological polar surface area (TPSA) is 106 Å². The summed E-state index contributed by atoms with van der Waals surface area (Å²) in [4.78, 5) is 23.5. The normalized spacial score (nSPS) is 18.9. The molecule has 138 valence electrons. The summed E-state index contributed by atoms with van der Waals surface area (Å²) in [5, 5.41) is 14.7. The molecule has 26 heavy (non-hydrogen) atoms. The number of rotatable bonds is 4. The minimum atomic E-state index is -0.389. The van der Waals surface area contributed by atoms with Crippen LogP contribution in [0.15, 0.2) is 24.3 Å². The van der Waals surface area contributed by atoms with Crippen LogP contribution in [0.4, 0.5) is 5.69 Å². The molecule has 7 nitrogen and oxygen atoms in total. The van der Waals surface area contributed by atoms with E-state index in [-0.39, 0.29) is 18.2 Å². The number of hydrazine groups is 1. The van der Waals surface area contributed by atoms with E-state index in [4.69, 9.17) is 17.5 Å². The third-order valence-corrected chi connectivity index (χ3v) is 4.61. The number of amides is 2. The Labute approximate surface area is 158 Å². The lowest BCUT2D eigenvalue weighted by molar-refractivity contribution is -0.115. The molecule has 0 heterocycles. The van der Waals surface area contributed by atoms with Gasteiger partial charge in [-0.2, -0.15) is 5.26 Å². The zero-order valence-corrected chi connectivity index (χ0v) is 15.5. The molecule has 2 rings (SSSR count). The lowest BCUT2D eigenvalue weighted by Gasteiger charge is -2.30. The summed E-state index contributed by atoms with van der Waals surface area (Å²) >= 11 is 5.24. The first-order chi connectivity index (χ1) is 12.5. The molecule has 0 aromatic heterocycles. The van der Waals surface area contributed by atoms with E-state index in [1.54, 1.807) is 30.3 Å². The average molecular weight is 373 g/mol. The Bertz CT molecular complexity index is 699. The molecule has 4 N–H and O–H groups in total. The Morgan fingerprint density at radius 3 is 2.54 bits per heavy atom. The monoisotopic (exact) mass is 373 g/mol. The van der Waals surface area contributed by atoms with E-state index in [9.17, 15) is 9.59 Å². The Morgan fingerprint density at radius 1 is 1.19 bits per heavy atom. The molecule has 1 saturated carbocycles. The van der Waals surface area contributed by atoms with Gasteiger partial charge in [0.25, 0.3) is 5.91 Å². The fourth-order valence-electron chi connectivity index (χ4n) is 2.90. The summed E-state index contributed by atoms with van der Waals surface area (Å²) in [7, 11) is 0. The van der Waals surface area contributed by atoms with Crippen molar-refractivity contribution in [3.05, 3.63) is 29.8 Å². The third-order valence-electron chi connectivity index (χ3n) is 4.39. The summed E-state index contributed by atoms with van der Waals surface area (Å²) in [5.74, 6) is -0.163. The highest BCUT2D eigenvalue weighted by Gasteiger charge is 2.21. The zero-order valence-electron chi connectivity index (χ0n) is 14.7. The first kappa shape index (κ1) is 19.7.